The molecule has 172 valence electrons. The van der Waals surface area contributed by atoms with Gasteiger partial charge in [0.15, 0.2) is 11.6 Å². The van der Waals surface area contributed by atoms with Crippen molar-refractivity contribution in [3.05, 3.63) is 76.4 Å². The average Bonchev–Trinajstić information content (AvgIpc) is 2.69. The third-order valence-electron chi connectivity index (χ3n) is 6.64. The Bertz CT molecular complexity index is 1020. The highest BCUT2D eigenvalue weighted by Crippen LogP contribution is 2.55. The van der Waals surface area contributed by atoms with Gasteiger partial charge in [0.25, 0.3) is 0 Å². The SMILES string of the molecule is C/C=C/[C@@H]1CC[C@H]2c3cc(F)cc(F)c3CC[C@@H]2[C@H]1c1cc(F)c(OC(F)(F)F)c(F)c1. The van der Waals surface area contributed by atoms with Crippen LogP contribution in [0.4, 0.5) is 30.7 Å². The molecule has 4 atom stereocenters. The highest BCUT2D eigenvalue weighted by Gasteiger charge is 2.44. The van der Waals surface area contributed by atoms with Crippen molar-refractivity contribution in [1.82, 2.24) is 0 Å². The maximum atomic E-state index is 14.5. The fraction of sp³-hybridized carbons (Fsp3) is 0.417. The van der Waals surface area contributed by atoms with Crippen LogP contribution in [0.3, 0.4) is 0 Å². The third-order valence-corrected chi connectivity index (χ3v) is 6.64. The highest BCUT2D eigenvalue weighted by atomic mass is 19.4. The van der Waals surface area contributed by atoms with Crippen LogP contribution in [0.5, 0.6) is 5.75 Å². The molecule has 0 N–H and O–H groups in total. The molecule has 0 bridgehead atoms. The van der Waals surface area contributed by atoms with E-state index >= 15 is 0 Å². The third kappa shape index (κ3) is 4.24. The Morgan fingerprint density at radius 3 is 2.22 bits per heavy atom. The van der Waals surface area contributed by atoms with Crippen molar-refractivity contribution in [3.63, 3.8) is 0 Å². The molecule has 2 aromatic carbocycles. The highest BCUT2D eigenvalue weighted by molar-refractivity contribution is 5.40. The summed E-state index contributed by atoms with van der Waals surface area (Å²) < 4.78 is 98.4. The zero-order valence-corrected chi connectivity index (χ0v) is 17.2. The van der Waals surface area contributed by atoms with Gasteiger partial charge in [-0.1, -0.05) is 12.2 Å². The second kappa shape index (κ2) is 8.45. The average molecular weight is 458 g/mol. The van der Waals surface area contributed by atoms with E-state index in [2.05, 4.69) is 4.74 Å². The Balaban J connectivity index is 1.77. The standard InChI is InChI=1S/C24H21F7O/c1-2-3-12-4-5-15-17(7-6-16-18(15)10-14(25)11-19(16)26)22(12)13-8-20(27)23(21(28)9-13)32-24(29,30)31/h2-3,8-12,15,17,22H,4-7H2,1H3/b3-2+/t12-,15-,17+,22-/m1/s1. The molecule has 0 heterocycles. The summed E-state index contributed by atoms with van der Waals surface area (Å²) in [5.41, 5.74) is 1.25. The van der Waals surface area contributed by atoms with Crippen molar-refractivity contribution in [2.75, 3.05) is 0 Å². The molecule has 0 saturated heterocycles. The number of fused-ring (bicyclic) bond motifs is 3. The van der Waals surface area contributed by atoms with E-state index in [0.29, 0.717) is 36.8 Å². The van der Waals surface area contributed by atoms with Crippen LogP contribution in [0.25, 0.3) is 0 Å². The van der Waals surface area contributed by atoms with Gasteiger partial charge in [-0.05, 0) is 91.2 Å². The molecular formula is C24H21F7O. The molecule has 1 nitrogen and oxygen atoms in total. The molecule has 0 aliphatic heterocycles. The fourth-order valence-electron chi connectivity index (χ4n) is 5.57. The summed E-state index contributed by atoms with van der Waals surface area (Å²) in [4.78, 5) is 0. The second-order valence-electron chi connectivity index (χ2n) is 8.42. The topological polar surface area (TPSA) is 9.23 Å². The van der Waals surface area contributed by atoms with Crippen LogP contribution in [0.1, 0.15) is 54.7 Å². The molecule has 4 rings (SSSR count). The number of benzene rings is 2. The molecule has 0 spiro atoms. The Kier molecular flexibility index (Phi) is 5.98. The minimum Gasteiger partial charge on any atom is -0.399 e. The van der Waals surface area contributed by atoms with Crippen molar-refractivity contribution in [1.29, 1.82) is 0 Å². The van der Waals surface area contributed by atoms with Gasteiger partial charge in [-0.2, -0.15) is 0 Å². The van der Waals surface area contributed by atoms with Crippen molar-refractivity contribution in [3.8, 4) is 5.75 Å². The first kappa shape index (κ1) is 22.7. The Morgan fingerprint density at radius 1 is 0.906 bits per heavy atom. The fourth-order valence-corrected chi connectivity index (χ4v) is 5.57. The van der Waals surface area contributed by atoms with Gasteiger partial charge in [-0.15, -0.1) is 13.2 Å². The second-order valence-corrected chi connectivity index (χ2v) is 8.42. The summed E-state index contributed by atoms with van der Waals surface area (Å²) in [6, 6.07) is 3.95. The van der Waals surface area contributed by atoms with Crippen molar-refractivity contribution >= 4 is 0 Å². The largest absolute Gasteiger partial charge is 0.573 e. The maximum Gasteiger partial charge on any atom is 0.573 e. The molecule has 2 aliphatic carbocycles. The van der Waals surface area contributed by atoms with Gasteiger partial charge < -0.3 is 4.74 Å². The summed E-state index contributed by atoms with van der Waals surface area (Å²) in [6.07, 6.45) is 0.628. The van der Waals surface area contributed by atoms with Gasteiger partial charge in [0.2, 0.25) is 5.75 Å². The van der Waals surface area contributed by atoms with Crippen molar-refractivity contribution < 1.29 is 35.5 Å². The lowest BCUT2D eigenvalue weighted by molar-refractivity contribution is -0.276. The van der Waals surface area contributed by atoms with Crippen LogP contribution >= 0.6 is 0 Å². The molecule has 0 unspecified atom stereocenters. The smallest absolute Gasteiger partial charge is 0.399 e. The zero-order chi connectivity index (χ0) is 23.2. The molecule has 2 aliphatic rings. The molecule has 0 radical (unpaired) electrons. The number of alkyl halides is 3. The van der Waals surface area contributed by atoms with Crippen LogP contribution in [0.2, 0.25) is 0 Å². The predicted molar refractivity (Wildman–Crippen MR) is 104 cm³/mol. The lowest BCUT2D eigenvalue weighted by atomic mass is 9.58. The van der Waals surface area contributed by atoms with Gasteiger partial charge in [-0.25, -0.2) is 17.6 Å². The lowest BCUT2D eigenvalue weighted by Crippen LogP contribution is -2.35. The molecule has 1 fully saturated rings. The van der Waals surface area contributed by atoms with E-state index in [1.54, 1.807) is 0 Å². The van der Waals surface area contributed by atoms with Crippen LogP contribution in [0.15, 0.2) is 36.4 Å². The van der Waals surface area contributed by atoms with E-state index in [1.165, 1.54) is 6.07 Å². The van der Waals surface area contributed by atoms with Gasteiger partial charge in [0.1, 0.15) is 11.6 Å². The predicted octanol–water partition coefficient (Wildman–Crippen LogP) is 7.56. The monoisotopic (exact) mass is 458 g/mol. The molecule has 1 saturated carbocycles. The minimum atomic E-state index is -5.23. The lowest BCUT2D eigenvalue weighted by Gasteiger charge is -2.46. The summed E-state index contributed by atoms with van der Waals surface area (Å²) in [7, 11) is 0. The normalized spacial score (nSPS) is 25.5. The number of allylic oxidation sites excluding steroid dienone is 2. The van der Waals surface area contributed by atoms with Crippen molar-refractivity contribution in [2.45, 2.75) is 50.8 Å². The van der Waals surface area contributed by atoms with E-state index in [1.807, 2.05) is 19.1 Å². The Morgan fingerprint density at radius 2 is 1.59 bits per heavy atom. The quantitative estimate of drug-likeness (QED) is 0.341. The first-order valence-electron chi connectivity index (χ1n) is 10.4. The van der Waals surface area contributed by atoms with E-state index in [4.69, 9.17) is 0 Å². The van der Waals surface area contributed by atoms with E-state index in [9.17, 15) is 30.7 Å². The minimum absolute atomic E-state index is 0.116. The number of rotatable bonds is 3. The maximum absolute atomic E-state index is 14.5. The van der Waals surface area contributed by atoms with Crippen LogP contribution < -0.4 is 4.74 Å². The number of hydrogen-bond donors (Lipinski definition) is 0. The van der Waals surface area contributed by atoms with E-state index in [0.717, 1.165) is 18.2 Å². The van der Waals surface area contributed by atoms with Gasteiger partial charge in [-0.3, -0.25) is 0 Å². The molecule has 0 aromatic heterocycles. The zero-order valence-electron chi connectivity index (χ0n) is 17.2. The number of hydrogen-bond acceptors (Lipinski definition) is 1. The van der Waals surface area contributed by atoms with Gasteiger partial charge in [0, 0.05) is 6.07 Å². The summed E-state index contributed by atoms with van der Waals surface area (Å²) >= 11 is 0. The molecule has 2 aromatic rings. The molecular weight excluding hydrogens is 437 g/mol. The van der Waals surface area contributed by atoms with Crippen LogP contribution in [-0.2, 0) is 6.42 Å². The van der Waals surface area contributed by atoms with E-state index in [-0.39, 0.29) is 23.3 Å². The Labute approximate surface area is 180 Å². The van der Waals surface area contributed by atoms with Crippen LogP contribution in [-0.4, -0.2) is 6.36 Å². The molecule has 32 heavy (non-hydrogen) atoms. The summed E-state index contributed by atoms with van der Waals surface area (Å²) in [5, 5.41) is 0. The van der Waals surface area contributed by atoms with Crippen LogP contribution in [0, 0.1) is 35.1 Å². The summed E-state index contributed by atoms with van der Waals surface area (Å²) in [5.74, 6) is -6.58. The molecule has 0 amide bonds. The van der Waals surface area contributed by atoms with Gasteiger partial charge in [0.05, 0.1) is 0 Å². The van der Waals surface area contributed by atoms with Gasteiger partial charge >= 0.3 is 6.36 Å². The first-order chi connectivity index (χ1) is 15.1. The molecule has 8 heteroatoms. The number of ether oxygens (including phenoxy) is 1. The first-order valence-corrected chi connectivity index (χ1v) is 10.4. The Hall–Kier alpha value is -2.51. The summed E-state index contributed by atoms with van der Waals surface area (Å²) in [6.45, 7) is 1.81. The number of halogens is 7. The van der Waals surface area contributed by atoms with E-state index < -0.39 is 41.3 Å². The van der Waals surface area contributed by atoms with Crippen molar-refractivity contribution in [2.24, 2.45) is 11.8 Å².